The molecule has 0 aliphatic carbocycles. The number of nitrogens with zero attached hydrogens (tertiary/aromatic N) is 4. The highest BCUT2D eigenvalue weighted by molar-refractivity contribution is 6.02. The van der Waals surface area contributed by atoms with Crippen LogP contribution in [0.2, 0.25) is 0 Å². The number of hydrogen-bond donors (Lipinski definition) is 1. The molecule has 158 valence electrons. The van der Waals surface area contributed by atoms with E-state index in [1.807, 2.05) is 60.7 Å². The van der Waals surface area contributed by atoms with E-state index in [2.05, 4.69) is 4.98 Å². The number of carbonyl (C=O) groups is 2. The Labute approximate surface area is 185 Å². The van der Waals surface area contributed by atoms with Crippen molar-refractivity contribution in [3.05, 3.63) is 102 Å². The third-order valence-corrected chi connectivity index (χ3v) is 5.74. The van der Waals surface area contributed by atoms with Crippen LogP contribution in [0, 0.1) is 0 Å². The molecule has 0 fully saturated rings. The van der Waals surface area contributed by atoms with Crippen LogP contribution in [-0.2, 0) is 17.8 Å². The number of carbonyl (C=O) groups excluding carboxylic acids is 2. The lowest BCUT2D eigenvalue weighted by Crippen LogP contribution is -2.51. The number of hydrogen-bond acceptors (Lipinski definition) is 4. The zero-order valence-corrected chi connectivity index (χ0v) is 17.3. The summed E-state index contributed by atoms with van der Waals surface area (Å²) < 4.78 is 1.67. The van der Waals surface area contributed by atoms with Gasteiger partial charge in [0, 0.05) is 37.1 Å². The topological polar surface area (TPSA) is 94.1 Å². The van der Waals surface area contributed by atoms with Gasteiger partial charge in [-0.05, 0) is 35.4 Å². The Morgan fingerprint density at radius 3 is 2.41 bits per heavy atom. The summed E-state index contributed by atoms with van der Waals surface area (Å²) in [5.41, 5.74) is 10.2. The first-order valence-electron chi connectivity index (χ1n) is 10.3. The zero-order chi connectivity index (χ0) is 22.1. The summed E-state index contributed by atoms with van der Waals surface area (Å²) in [6, 6.07) is 20.3. The summed E-state index contributed by atoms with van der Waals surface area (Å²) in [6.45, 7) is 0.311. The molecule has 2 aromatic heterocycles. The van der Waals surface area contributed by atoms with Gasteiger partial charge in [-0.2, -0.15) is 5.10 Å². The van der Waals surface area contributed by atoms with Crippen LogP contribution in [0.15, 0.2) is 85.3 Å². The van der Waals surface area contributed by atoms with E-state index in [1.165, 1.54) is 0 Å². The van der Waals surface area contributed by atoms with Gasteiger partial charge in [0.2, 0.25) is 5.91 Å². The molecule has 32 heavy (non-hydrogen) atoms. The average molecular weight is 423 g/mol. The fourth-order valence-electron chi connectivity index (χ4n) is 4.10. The Morgan fingerprint density at radius 1 is 0.938 bits per heavy atom. The van der Waals surface area contributed by atoms with Gasteiger partial charge in [-0.25, -0.2) is 4.68 Å². The monoisotopic (exact) mass is 423 g/mol. The number of pyridine rings is 1. The molecular formula is C25H21N5O2. The lowest BCUT2D eigenvalue weighted by atomic mass is 9.93. The molecular weight excluding hydrogens is 402 g/mol. The van der Waals surface area contributed by atoms with Crippen molar-refractivity contribution in [3.8, 4) is 16.9 Å². The third kappa shape index (κ3) is 3.54. The molecule has 5 rings (SSSR count). The fourth-order valence-corrected chi connectivity index (χ4v) is 4.10. The van der Waals surface area contributed by atoms with Crippen LogP contribution >= 0.6 is 0 Å². The standard InChI is InChI=1S/C25H21N5O2/c26-24(31)22-13-17-7-4-5-8-19(17)15-29(22)25(32)21-16-30(20-10-2-1-3-11-20)28-23(21)18-9-6-12-27-14-18/h1-12,14,16,22H,13,15H2,(H2,26,31). The second-order valence-electron chi connectivity index (χ2n) is 7.74. The van der Waals surface area contributed by atoms with E-state index >= 15 is 0 Å². The molecule has 1 aliphatic heterocycles. The number of benzene rings is 2. The van der Waals surface area contributed by atoms with Gasteiger partial charge in [0.25, 0.3) is 5.91 Å². The van der Waals surface area contributed by atoms with E-state index in [9.17, 15) is 9.59 Å². The van der Waals surface area contributed by atoms with Crippen molar-refractivity contribution < 1.29 is 9.59 Å². The highest BCUT2D eigenvalue weighted by atomic mass is 16.2. The molecule has 0 saturated carbocycles. The van der Waals surface area contributed by atoms with E-state index in [-0.39, 0.29) is 5.91 Å². The Morgan fingerprint density at radius 2 is 1.69 bits per heavy atom. The highest BCUT2D eigenvalue weighted by Crippen LogP contribution is 2.29. The van der Waals surface area contributed by atoms with E-state index in [1.54, 1.807) is 34.2 Å². The smallest absolute Gasteiger partial charge is 0.258 e. The molecule has 0 bridgehead atoms. The largest absolute Gasteiger partial charge is 0.368 e. The van der Waals surface area contributed by atoms with Crippen molar-refractivity contribution in [1.29, 1.82) is 0 Å². The summed E-state index contributed by atoms with van der Waals surface area (Å²) in [7, 11) is 0. The summed E-state index contributed by atoms with van der Waals surface area (Å²) in [4.78, 5) is 31.8. The third-order valence-electron chi connectivity index (χ3n) is 5.74. The van der Waals surface area contributed by atoms with Gasteiger partial charge < -0.3 is 10.6 Å². The molecule has 2 amide bonds. The molecule has 3 heterocycles. The van der Waals surface area contributed by atoms with Crippen LogP contribution in [0.4, 0.5) is 0 Å². The van der Waals surface area contributed by atoms with Gasteiger partial charge in [0.05, 0.1) is 11.3 Å². The zero-order valence-electron chi connectivity index (χ0n) is 17.3. The minimum absolute atomic E-state index is 0.288. The van der Waals surface area contributed by atoms with Crippen molar-refractivity contribution in [1.82, 2.24) is 19.7 Å². The van der Waals surface area contributed by atoms with E-state index in [0.29, 0.717) is 24.2 Å². The molecule has 2 aromatic carbocycles. The lowest BCUT2D eigenvalue weighted by Gasteiger charge is -2.35. The quantitative estimate of drug-likeness (QED) is 0.546. The van der Waals surface area contributed by atoms with E-state index in [4.69, 9.17) is 10.8 Å². The fraction of sp³-hybridized carbons (Fsp3) is 0.120. The van der Waals surface area contributed by atoms with Gasteiger partial charge in [0.15, 0.2) is 0 Å². The number of aromatic nitrogens is 3. The van der Waals surface area contributed by atoms with Gasteiger partial charge in [-0.3, -0.25) is 14.6 Å². The minimum atomic E-state index is -0.723. The van der Waals surface area contributed by atoms with Crippen molar-refractivity contribution >= 4 is 11.8 Å². The molecule has 0 radical (unpaired) electrons. The molecule has 1 aliphatic rings. The Bertz CT molecular complexity index is 1280. The Kier molecular flexibility index (Phi) is 4.99. The Hall–Kier alpha value is -4.26. The maximum atomic E-state index is 13.8. The maximum absolute atomic E-state index is 13.8. The number of para-hydroxylation sites is 1. The minimum Gasteiger partial charge on any atom is -0.368 e. The normalized spacial score (nSPS) is 15.2. The van der Waals surface area contributed by atoms with Crippen LogP contribution in [-0.4, -0.2) is 37.5 Å². The average Bonchev–Trinajstić information content (AvgIpc) is 3.29. The first-order chi connectivity index (χ1) is 15.6. The van der Waals surface area contributed by atoms with E-state index < -0.39 is 11.9 Å². The molecule has 7 nitrogen and oxygen atoms in total. The number of amides is 2. The summed E-state index contributed by atoms with van der Waals surface area (Å²) >= 11 is 0. The molecule has 4 aromatic rings. The predicted molar refractivity (Wildman–Crippen MR) is 120 cm³/mol. The summed E-state index contributed by atoms with van der Waals surface area (Å²) in [6.07, 6.45) is 5.44. The Balaban J connectivity index is 1.61. The summed E-state index contributed by atoms with van der Waals surface area (Å²) in [5, 5.41) is 4.69. The predicted octanol–water partition coefficient (Wildman–Crippen LogP) is 2.99. The molecule has 2 N–H and O–H groups in total. The van der Waals surface area contributed by atoms with Crippen LogP contribution in [0.5, 0.6) is 0 Å². The molecule has 0 saturated heterocycles. The SMILES string of the molecule is NC(=O)C1Cc2ccccc2CN1C(=O)c1cn(-c2ccccc2)nc1-c1cccnc1. The number of primary amides is 1. The molecule has 1 unspecified atom stereocenters. The first kappa shape index (κ1) is 19.7. The van der Waals surface area contributed by atoms with Gasteiger partial charge in [0.1, 0.15) is 11.7 Å². The van der Waals surface area contributed by atoms with Crippen molar-refractivity contribution in [3.63, 3.8) is 0 Å². The van der Waals surface area contributed by atoms with Gasteiger partial charge >= 0.3 is 0 Å². The number of nitrogens with two attached hydrogens (primary N) is 1. The molecule has 0 spiro atoms. The lowest BCUT2D eigenvalue weighted by molar-refractivity contribution is -0.122. The van der Waals surface area contributed by atoms with Crippen LogP contribution in [0.1, 0.15) is 21.5 Å². The summed E-state index contributed by atoms with van der Waals surface area (Å²) in [5.74, 6) is -0.810. The van der Waals surface area contributed by atoms with E-state index in [0.717, 1.165) is 22.4 Å². The maximum Gasteiger partial charge on any atom is 0.258 e. The second kappa shape index (κ2) is 8.11. The van der Waals surface area contributed by atoms with Gasteiger partial charge in [-0.1, -0.05) is 42.5 Å². The van der Waals surface area contributed by atoms with Crippen molar-refractivity contribution in [2.75, 3.05) is 0 Å². The second-order valence-corrected chi connectivity index (χ2v) is 7.74. The highest BCUT2D eigenvalue weighted by Gasteiger charge is 2.35. The number of rotatable bonds is 4. The van der Waals surface area contributed by atoms with Crippen molar-refractivity contribution in [2.24, 2.45) is 5.73 Å². The molecule has 1 atom stereocenters. The first-order valence-corrected chi connectivity index (χ1v) is 10.3. The van der Waals surface area contributed by atoms with Gasteiger partial charge in [-0.15, -0.1) is 0 Å². The number of fused-ring (bicyclic) bond motifs is 1. The van der Waals surface area contributed by atoms with Crippen LogP contribution < -0.4 is 5.73 Å². The van der Waals surface area contributed by atoms with Crippen LogP contribution in [0.25, 0.3) is 16.9 Å². The van der Waals surface area contributed by atoms with Crippen LogP contribution in [0.3, 0.4) is 0 Å². The van der Waals surface area contributed by atoms with Crippen molar-refractivity contribution in [2.45, 2.75) is 19.0 Å². The molecule has 7 heteroatoms.